The Hall–Kier alpha value is -3.41. The number of nitrogens with zero attached hydrogens (tertiary/aromatic N) is 5. The lowest BCUT2D eigenvalue weighted by Crippen LogP contribution is -2.05. The number of benzene rings is 2. The average Bonchev–Trinajstić information content (AvgIpc) is 3.36. The van der Waals surface area contributed by atoms with Gasteiger partial charge in [-0.1, -0.05) is 18.7 Å². The fourth-order valence-corrected chi connectivity index (χ4v) is 3.99. The van der Waals surface area contributed by atoms with Gasteiger partial charge in [-0.15, -0.1) is 10.2 Å². The van der Waals surface area contributed by atoms with Gasteiger partial charge in [0.05, 0.1) is 27.3 Å². The first-order chi connectivity index (χ1) is 15.3. The molecule has 0 amide bonds. The SMILES string of the molecule is CCCn1c(SCc2nnc(-c3ccc([N+](=O)[O-])cc3)o2)nc2ccc(C(F)(F)F)cc21. The Labute approximate surface area is 183 Å². The van der Waals surface area contributed by atoms with E-state index in [2.05, 4.69) is 15.2 Å². The fourth-order valence-electron chi connectivity index (χ4n) is 3.11. The van der Waals surface area contributed by atoms with Gasteiger partial charge in [0.25, 0.3) is 5.69 Å². The second-order valence-corrected chi connectivity index (χ2v) is 7.78. The zero-order valence-electron chi connectivity index (χ0n) is 16.7. The van der Waals surface area contributed by atoms with Crippen molar-refractivity contribution in [2.75, 3.05) is 0 Å². The second-order valence-electron chi connectivity index (χ2n) is 6.84. The van der Waals surface area contributed by atoms with Crippen molar-refractivity contribution >= 4 is 28.5 Å². The van der Waals surface area contributed by atoms with Gasteiger partial charge >= 0.3 is 6.18 Å². The van der Waals surface area contributed by atoms with Crippen LogP contribution in [0.5, 0.6) is 0 Å². The minimum absolute atomic E-state index is 0.0486. The summed E-state index contributed by atoms with van der Waals surface area (Å²) in [7, 11) is 0. The van der Waals surface area contributed by atoms with Crippen molar-refractivity contribution in [3.05, 3.63) is 64.0 Å². The van der Waals surface area contributed by atoms with E-state index in [1.54, 1.807) is 4.57 Å². The van der Waals surface area contributed by atoms with Crippen molar-refractivity contribution in [3.8, 4) is 11.5 Å². The first-order valence-corrected chi connectivity index (χ1v) is 10.5. The highest BCUT2D eigenvalue weighted by atomic mass is 32.2. The third-order valence-corrected chi connectivity index (χ3v) is 5.57. The summed E-state index contributed by atoms with van der Waals surface area (Å²) in [5.41, 5.74) is 0.667. The molecule has 2 heterocycles. The molecule has 0 bridgehead atoms. The Morgan fingerprint density at radius 3 is 2.56 bits per heavy atom. The maximum absolute atomic E-state index is 13.1. The molecule has 12 heteroatoms. The number of thioether (sulfide) groups is 1. The normalized spacial score (nSPS) is 11.9. The van der Waals surface area contributed by atoms with E-state index in [-0.39, 0.29) is 17.3 Å². The van der Waals surface area contributed by atoms with Crippen molar-refractivity contribution in [1.82, 2.24) is 19.7 Å². The zero-order chi connectivity index (χ0) is 22.9. The minimum atomic E-state index is -4.43. The summed E-state index contributed by atoms with van der Waals surface area (Å²) < 4.78 is 46.7. The van der Waals surface area contributed by atoms with Crippen molar-refractivity contribution in [2.45, 2.75) is 37.0 Å². The molecule has 166 valence electrons. The number of hydrogen-bond acceptors (Lipinski definition) is 7. The largest absolute Gasteiger partial charge is 0.420 e. The number of aryl methyl sites for hydroxylation is 1. The van der Waals surface area contributed by atoms with E-state index in [4.69, 9.17) is 4.42 Å². The average molecular weight is 463 g/mol. The van der Waals surface area contributed by atoms with E-state index in [1.165, 1.54) is 42.1 Å². The first-order valence-electron chi connectivity index (χ1n) is 9.53. The van der Waals surface area contributed by atoms with Gasteiger partial charge in [-0.2, -0.15) is 13.2 Å². The number of hydrogen-bond donors (Lipinski definition) is 0. The van der Waals surface area contributed by atoms with E-state index in [0.717, 1.165) is 18.6 Å². The Balaban J connectivity index is 1.55. The van der Waals surface area contributed by atoms with Gasteiger partial charge in [-0.3, -0.25) is 10.1 Å². The zero-order valence-corrected chi connectivity index (χ0v) is 17.5. The maximum atomic E-state index is 13.1. The van der Waals surface area contributed by atoms with Crippen LogP contribution in [0.2, 0.25) is 0 Å². The van der Waals surface area contributed by atoms with Gasteiger partial charge < -0.3 is 8.98 Å². The molecule has 0 fully saturated rings. The molecule has 0 aliphatic heterocycles. The number of fused-ring (bicyclic) bond motifs is 1. The van der Waals surface area contributed by atoms with Gasteiger partial charge in [0, 0.05) is 24.2 Å². The Morgan fingerprint density at radius 2 is 1.91 bits per heavy atom. The number of imidazole rings is 1. The van der Waals surface area contributed by atoms with Crippen LogP contribution in [0.25, 0.3) is 22.5 Å². The van der Waals surface area contributed by atoms with Crippen LogP contribution in [-0.2, 0) is 18.5 Å². The van der Waals surface area contributed by atoms with Crippen LogP contribution < -0.4 is 0 Å². The Morgan fingerprint density at radius 1 is 1.16 bits per heavy atom. The summed E-state index contributed by atoms with van der Waals surface area (Å²) >= 11 is 1.28. The number of rotatable bonds is 7. The summed E-state index contributed by atoms with van der Waals surface area (Å²) in [5, 5.41) is 19.3. The number of non-ortho nitro benzene ring substituents is 1. The van der Waals surface area contributed by atoms with E-state index in [0.29, 0.717) is 34.2 Å². The number of halogens is 3. The molecule has 8 nitrogen and oxygen atoms in total. The quantitative estimate of drug-likeness (QED) is 0.196. The van der Waals surface area contributed by atoms with Crippen molar-refractivity contribution in [1.29, 1.82) is 0 Å². The maximum Gasteiger partial charge on any atom is 0.416 e. The third-order valence-electron chi connectivity index (χ3n) is 4.60. The highest BCUT2D eigenvalue weighted by Gasteiger charge is 2.31. The van der Waals surface area contributed by atoms with Gasteiger partial charge in [-0.05, 0) is 36.8 Å². The molecule has 0 aliphatic rings. The lowest BCUT2D eigenvalue weighted by atomic mass is 10.2. The molecule has 0 saturated heterocycles. The highest BCUT2D eigenvalue weighted by Crippen LogP contribution is 2.34. The molecule has 2 aromatic heterocycles. The van der Waals surface area contributed by atoms with Gasteiger partial charge in [-0.25, -0.2) is 4.98 Å². The number of alkyl halides is 3. The summed E-state index contributed by atoms with van der Waals surface area (Å²) in [6.45, 7) is 2.44. The van der Waals surface area contributed by atoms with Crippen LogP contribution in [0.4, 0.5) is 18.9 Å². The van der Waals surface area contributed by atoms with E-state index in [1.807, 2.05) is 6.92 Å². The topological polar surface area (TPSA) is 99.9 Å². The minimum Gasteiger partial charge on any atom is -0.420 e. The molecular formula is C20H16F3N5O3S. The van der Waals surface area contributed by atoms with Crippen LogP contribution in [0.1, 0.15) is 24.8 Å². The van der Waals surface area contributed by atoms with E-state index >= 15 is 0 Å². The molecular weight excluding hydrogens is 447 g/mol. The van der Waals surface area contributed by atoms with E-state index < -0.39 is 16.7 Å². The van der Waals surface area contributed by atoms with Crippen LogP contribution in [-0.4, -0.2) is 24.7 Å². The van der Waals surface area contributed by atoms with E-state index in [9.17, 15) is 23.3 Å². The fraction of sp³-hybridized carbons (Fsp3) is 0.250. The Kier molecular flexibility index (Phi) is 5.87. The predicted molar refractivity (Wildman–Crippen MR) is 111 cm³/mol. The Bertz CT molecular complexity index is 1270. The molecule has 32 heavy (non-hydrogen) atoms. The highest BCUT2D eigenvalue weighted by molar-refractivity contribution is 7.98. The summed E-state index contributed by atoms with van der Waals surface area (Å²) in [5.74, 6) is 0.779. The predicted octanol–water partition coefficient (Wildman–Crippen LogP) is 5.72. The standard InChI is InChI=1S/C20H16F3N5O3S/c1-2-9-27-16-10-13(20(21,22)23)5-8-15(16)24-19(27)32-11-17-25-26-18(31-17)12-3-6-14(7-4-12)28(29)30/h3-8,10H,2,9,11H2,1H3. The molecule has 0 atom stereocenters. The number of nitro groups is 1. The molecule has 0 saturated carbocycles. The molecule has 4 rings (SSSR count). The van der Waals surface area contributed by atoms with Crippen molar-refractivity contribution in [2.24, 2.45) is 0 Å². The molecule has 2 aromatic carbocycles. The monoisotopic (exact) mass is 463 g/mol. The van der Waals surface area contributed by atoms with Crippen LogP contribution in [0.3, 0.4) is 0 Å². The first kappa shape index (κ1) is 21.8. The van der Waals surface area contributed by atoms with Gasteiger partial charge in [0.15, 0.2) is 5.16 Å². The second kappa shape index (κ2) is 8.61. The number of nitro benzene ring substituents is 1. The molecule has 0 N–H and O–H groups in total. The van der Waals surface area contributed by atoms with Gasteiger partial charge in [0.1, 0.15) is 0 Å². The lowest BCUT2D eigenvalue weighted by molar-refractivity contribution is -0.384. The van der Waals surface area contributed by atoms with Crippen LogP contribution >= 0.6 is 11.8 Å². The molecule has 0 radical (unpaired) electrons. The van der Waals surface area contributed by atoms with Crippen LogP contribution in [0, 0.1) is 10.1 Å². The molecule has 0 aliphatic carbocycles. The lowest BCUT2D eigenvalue weighted by Gasteiger charge is -2.09. The summed E-state index contributed by atoms with van der Waals surface area (Å²) in [6, 6.07) is 9.22. The molecule has 0 spiro atoms. The molecule has 0 unspecified atom stereocenters. The van der Waals surface area contributed by atoms with Crippen molar-refractivity contribution < 1.29 is 22.5 Å². The number of aromatic nitrogens is 4. The van der Waals surface area contributed by atoms with Gasteiger partial charge in [0.2, 0.25) is 11.8 Å². The smallest absolute Gasteiger partial charge is 0.416 e. The molecule has 4 aromatic rings. The van der Waals surface area contributed by atoms with Crippen molar-refractivity contribution in [3.63, 3.8) is 0 Å². The summed E-state index contributed by atoms with van der Waals surface area (Å²) in [6.07, 6.45) is -3.71. The third kappa shape index (κ3) is 4.44. The van der Waals surface area contributed by atoms with Crippen LogP contribution in [0.15, 0.2) is 52.0 Å². The summed E-state index contributed by atoms with van der Waals surface area (Å²) in [4.78, 5) is 14.7.